The predicted octanol–water partition coefficient (Wildman–Crippen LogP) is 5.91. The van der Waals surface area contributed by atoms with Crippen molar-refractivity contribution in [3.05, 3.63) is 119 Å². The fourth-order valence-corrected chi connectivity index (χ4v) is 21.6. The van der Waals surface area contributed by atoms with Gasteiger partial charge in [0.05, 0.1) is 0 Å². The van der Waals surface area contributed by atoms with Gasteiger partial charge in [0.25, 0.3) is 0 Å². The Morgan fingerprint density at radius 1 is 0.292 bits per heavy atom. The van der Waals surface area contributed by atoms with Gasteiger partial charge in [-0.15, -0.1) is 0 Å². The van der Waals surface area contributed by atoms with Crippen molar-refractivity contribution in [3.8, 4) is 22.3 Å². The number of carboxylic acid groups (broad SMARTS) is 1. The second-order valence-corrected chi connectivity index (χ2v) is 33.1. The van der Waals surface area contributed by atoms with Crippen LogP contribution in [0.15, 0.2) is 97.1 Å². The van der Waals surface area contributed by atoms with Crippen LogP contribution < -0.4 is 5.32 Å². The molecule has 11 heterocycles. The summed E-state index contributed by atoms with van der Waals surface area (Å²) in [6, 6.07) is 21.1. The second kappa shape index (κ2) is 31.5. The van der Waals surface area contributed by atoms with Gasteiger partial charge < -0.3 is 64.0 Å². The molecule has 13 aliphatic rings. The quantitative estimate of drug-likeness (QED) is 0.132. The Morgan fingerprint density at radius 2 is 0.513 bits per heavy atom. The maximum Gasteiger partial charge on any atom is 0.410 e. The second-order valence-electron chi connectivity index (χ2n) is 33.1. The van der Waals surface area contributed by atoms with Crippen LogP contribution in [0.4, 0.5) is 9.59 Å². The number of carbonyl (C=O) groups excluding carboxylic acids is 12. The maximum absolute atomic E-state index is 14.9. The lowest BCUT2D eigenvalue weighted by Gasteiger charge is -2.36. The van der Waals surface area contributed by atoms with E-state index in [0.29, 0.717) is 148 Å². The van der Waals surface area contributed by atoms with E-state index in [1.54, 1.807) is 19.6 Å². The highest BCUT2D eigenvalue weighted by Gasteiger charge is 2.54. The van der Waals surface area contributed by atoms with Crippen LogP contribution in [0.1, 0.15) is 169 Å². The molecule has 0 bridgehead atoms. The molecule has 11 saturated heterocycles. The number of aliphatic carboxylic acids is 1. The molecule has 11 fully saturated rings. The van der Waals surface area contributed by atoms with Crippen LogP contribution in [0.3, 0.4) is 0 Å². The molecule has 0 saturated carbocycles. The average molecular weight is 1550 g/mol. The van der Waals surface area contributed by atoms with Crippen molar-refractivity contribution in [2.45, 2.75) is 219 Å². The molecule has 0 radical (unpaired) electrons. The standard InChI is InChI=1S/C85H100N12O16/c98-73(62-27-9-37-87(62)74(99)63-28-10-38-88(63)75(100)64-29-11-39-89(64)77(102)67-32-14-42-92(67)80(105)70-35-17-45-95(70)84(110)112-49-60-56-23-5-1-19-52(56)53-20-2-6-24-57(53)60)86-51-47-72(83(108)109)97(48-51)82(107)69-34-16-44-94(69)79(104)66-31-13-41-91(66)76(101)65-30-12-40-90(65)78(103)68-33-15-43-93(68)81(106)71-36-18-46-96(71)85(111)113-50-61-58-25-7-3-21-54(58)55-22-4-8-26-59(55)61/h1-8,19-26,51,60-72H,9-18,27-50H2,(H,86,98)(H,108,109)/t51-,62-,63-,64-,65-,66-,67-,68-,69-,70-,71-,72-/m0/s1. The lowest BCUT2D eigenvalue weighted by molar-refractivity contribution is -0.155. The van der Waals surface area contributed by atoms with Crippen LogP contribution in [0.2, 0.25) is 0 Å². The first-order valence-electron chi connectivity index (χ1n) is 41.4. The van der Waals surface area contributed by atoms with E-state index in [9.17, 15) is 67.4 Å². The summed E-state index contributed by atoms with van der Waals surface area (Å²) < 4.78 is 12.0. The lowest BCUT2D eigenvalue weighted by Crippen LogP contribution is -2.58. The number of fused-ring (bicyclic) bond motifs is 6. The van der Waals surface area contributed by atoms with Crippen LogP contribution in [-0.2, 0) is 62.2 Å². The van der Waals surface area contributed by atoms with Crippen molar-refractivity contribution in [2.75, 3.05) is 85.2 Å². The van der Waals surface area contributed by atoms with Crippen LogP contribution in [-0.4, -0.2) is 294 Å². The van der Waals surface area contributed by atoms with Crippen molar-refractivity contribution in [3.63, 3.8) is 0 Å². The van der Waals surface area contributed by atoms with E-state index in [1.165, 1.54) is 34.3 Å². The molecule has 12 atom stereocenters. The molecule has 4 aromatic carbocycles. The van der Waals surface area contributed by atoms with Gasteiger partial charge in [-0.05, 0) is 173 Å². The smallest absolute Gasteiger partial charge is 0.410 e. The van der Waals surface area contributed by atoms with Crippen molar-refractivity contribution in [1.82, 2.24) is 59.2 Å². The van der Waals surface area contributed by atoms with Gasteiger partial charge in [0.2, 0.25) is 59.1 Å². The Bertz CT molecular complexity index is 4410. The van der Waals surface area contributed by atoms with E-state index >= 15 is 0 Å². The molecule has 12 amide bonds. The number of carboxylic acids is 1. The molecule has 2 aliphatic carbocycles. The highest BCUT2D eigenvalue weighted by Crippen LogP contribution is 2.47. The predicted molar refractivity (Wildman–Crippen MR) is 407 cm³/mol. The third-order valence-electron chi connectivity index (χ3n) is 27.0. The SMILES string of the molecule is O=C(O)[C@@H]1C[C@H](NC(=O)[C@@H]2CCCN2C(=O)[C@@H]2CCCN2C(=O)[C@@H]2CCCN2C(=O)[C@@H]2CCCN2C(=O)[C@@H]2CCCN2C(=O)OCC2c3ccccc3-c3ccccc32)CN1C(=O)[C@@H]1CCCN1C(=O)[C@@H]1CCCN1C(=O)[C@@H]1CCCN1C(=O)[C@@H]1CCCN1C(=O)[C@@H]1CCCN1C(=O)OCC1c2ccccc2-c2ccccc21. The van der Waals surface area contributed by atoms with Crippen molar-refractivity contribution < 1.29 is 76.9 Å². The van der Waals surface area contributed by atoms with Gasteiger partial charge in [0.1, 0.15) is 79.7 Å². The number of carbonyl (C=O) groups is 13. The van der Waals surface area contributed by atoms with Crippen LogP contribution in [0.25, 0.3) is 22.3 Å². The van der Waals surface area contributed by atoms with E-state index < -0.39 is 114 Å². The molecule has 28 heteroatoms. The van der Waals surface area contributed by atoms with E-state index in [0.717, 1.165) is 44.5 Å². The molecule has 0 aromatic heterocycles. The zero-order valence-electron chi connectivity index (χ0n) is 63.9. The van der Waals surface area contributed by atoms with Crippen molar-refractivity contribution >= 4 is 77.2 Å². The number of likely N-dealkylation sites (tertiary alicyclic amines) is 11. The van der Waals surface area contributed by atoms with E-state index in [1.807, 2.05) is 72.8 Å². The fraction of sp³-hybridized carbons (Fsp3) is 0.565. The Labute approximate surface area is 656 Å². The lowest BCUT2D eigenvalue weighted by atomic mass is 9.98. The number of amides is 12. The minimum absolute atomic E-state index is 0.0999. The van der Waals surface area contributed by atoms with Gasteiger partial charge in [-0.2, -0.15) is 0 Å². The number of hydrogen-bond acceptors (Lipinski definition) is 15. The third kappa shape index (κ3) is 13.7. The molecule has 0 unspecified atom stereocenters. The average Bonchev–Trinajstić information content (AvgIpc) is 1.62. The summed E-state index contributed by atoms with van der Waals surface area (Å²) in [5, 5.41) is 13.6. The molecule has 17 rings (SSSR count). The molecular formula is C85H100N12O16. The summed E-state index contributed by atoms with van der Waals surface area (Å²) in [5.41, 5.74) is 8.69. The summed E-state index contributed by atoms with van der Waals surface area (Å²) in [7, 11) is 0. The molecule has 596 valence electrons. The monoisotopic (exact) mass is 1540 g/mol. The number of benzene rings is 4. The molecule has 28 nitrogen and oxygen atoms in total. The minimum atomic E-state index is -1.36. The topological polar surface area (TPSA) is 308 Å². The van der Waals surface area contributed by atoms with Crippen LogP contribution >= 0.6 is 0 Å². The van der Waals surface area contributed by atoms with E-state index in [4.69, 9.17) is 9.47 Å². The highest BCUT2D eigenvalue weighted by atomic mass is 16.6. The van der Waals surface area contributed by atoms with Gasteiger partial charge >= 0.3 is 18.2 Å². The minimum Gasteiger partial charge on any atom is -0.480 e. The zero-order valence-corrected chi connectivity index (χ0v) is 63.9. The van der Waals surface area contributed by atoms with Gasteiger partial charge in [-0.3, -0.25) is 57.7 Å². The summed E-state index contributed by atoms with van der Waals surface area (Å²) in [6.45, 7) is 2.78. The van der Waals surface area contributed by atoms with Gasteiger partial charge in [0, 0.05) is 96.3 Å². The molecular weight excluding hydrogens is 1450 g/mol. The van der Waals surface area contributed by atoms with E-state index in [-0.39, 0.29) is 119 Å². The van der Waals surface area contributed by atoms with Crippen molar-refractivity contribution in [2.24, 2.45) is 0 Å². The van der Waals surface area contributed by atoms with Crippen molar-refractivity contribution in [1.29, 1.82) is 0 Å². The third-order valence-corrected chi connectivity index (χ3v) is 27.0. The van der Waals surface area contributed by atoms with Gasteiger partial charge in [-0.1, -0.05) is 97.1 Å². The number of ether oxygens (including phenoxy) is 2. The number of hydrogen-bond donors (Lipinski definition) is 2. The molecule has 0 spiro atoms. The summed E-state index contributed by atoms with van der Waals surface area (Å²) >= 11 is 0. The molecule has 113 heavy (non-hydrogen) atoms. The Morgan fingerprint density at radius 3 is 0.779 bits per heavy atom. The molecule has 2 N–H and O–H groups in total. The molecule has 11 aliphatic heterocycles. The van der Waals surface area contributed by atoms with Gasteiger partial charge in [0.15, 0.2) is 0 Å². The maximum atomic E-state index is 14.9. The number of nitrogens with one attached hydrogen (secondary N) is 1. The summed E-state index contributed by atoms with van der Waals surface area (Å²) in [6.07, 6.45) is 7.45. The van der Waals surface area contributed by atoms with Gasteiger partial charge in [-0.25, -0.2) is 14.4 Å². The summed E-state index contributed by atoms with van der Waals surface area (Å²) in [4.78, 5) is 205. The normalized spacial score (nSPS) is 27.9. The number of rotatable bonds is 16. The first kappa shape index (κ1) is 75.3. The summed E-state index contributed by atoms with van der Waals surface area (Å²) in [5.74, 6) is -5.70. The van der Waals surface area contributed by atoms with Crippen LogP contribution in [0, 0.1) is 0 Å². The van der Waals surface area contributed by atoms with E-state index in [2.05, 4.69) is 29.6 Å². The largest absolute Gasteiger partial charge is 0.480 e. The number of nitrogens with zero attached hydrogens (tertiary/aromatic N) is 11. The highest BCUT2D eigenvalue weighted by molar-refractivity contribution is 6.00. The molecule has 4 aromatic rings. The fourth-order valence-electron chi connectivity index (χ4n) is 21.6. The Hall–Kier alpha value is -10.4. The van der Waals surface area contributed by atoms with Crippen LogP contribution in [0.5, 0.6) is 0 Å². The first-order valence-corrected chi connectivity index (χ1v) is 41.4. The first-order chi connectivity index (χ1) is 54.9. The zero-order chi connectivity index (χ0) is 78.0. The Balaban J connectivity index is 0.490. The Kier molecular flexibility index (Phi) is 21.0.